The molecule has 2 rings (SSSR count). The maximum atomic E-state index is 5.99. The van der Waals surface area contributed by atoms with E-state index in [2.05, 4.69) is 70.2 Å². The fraction of sp³-hybridized carbons (Fsp3) is 0.333. The average Bonchev–Trinajstić information content (AvgIpc) is 2.40. The van der Waals surface area contributed by atoms with Crippen LogP contribution in [0.5, 0.6) is 5.75 Å². The van der Waals surface area contributed by atoms with Crippen LogP contribution in [-0.4, -0.2) is 0 Å². The summed E-state index contributed by atoms with van der Waals surface area (Å²) in [6, 6.07) is 14.8. The van der Waals surface area contributed by atoms with Gasteiger partial charge >= 0.3 is 0 Å². The summed E-state index contributed by atoms with van der Waals surface area (Å²) in [5.41, 5.74) is 5.07. The smallest absolute Gasteiger partial charge is 0.122 e. The van der Waals surface area contributed by atoms with Crippen molar-refractivity contribution in [2.24, 2.45) is 0 Å². The third kappa shape index (κ3) is 3.37. The molecule has 0 radical (unpaired) electrons. The molecule has 0 atom stereocenters. The maximum absolute atomic E-state index is 5.99. The van der Waals surface area contributed by atoms with Crippen LogP contribution in [0.1, 0.15) is 42.0 Å². The lowest BCUT2D eigenvalue weighted by Crippen LogP contribution is -2.02. The van der Waals surface area contributed by atoms with Crippen LogP contribution < -0.4 is 4.74 Å². The number of rotatable bonds is 4. The Balaban J connectivity index is 2.17. The predicted molar refractivity (Wildman–Crippen MR) is 80.8 cm³/mol. The first-order chi connectivity index (χ1) is 9.08. The Morgan fingerprint density at radius 2 is 1.74 bits per heavy atom. The van der Waals surface area contributed by atoms with Crippen LogP contribution in [0.4, 0.5) is 0 Å². The minimum atomic E-state index is 0.526. The number of ether oxygens (including phenoxy) is 1. The van der Waals surface area contributed by atoms with Crippen LogP contribution in [-0.2, 0) is 6.61 Å². The van der Waals surface area contributed by atoms with Crippen molar-refractivity contribution in [3.05, 3.63) is 64.7 Å². The van der Waals surface area contributed by atoms with Crippen LogP contribution >= 0.6 is 0 Å². The number of aryl methyl sites for hydroxylation is 2. The van der Waals surface area contributed by atoms with E-state index in [4.69, 9.17) is 4.74 Å². The van der Waals surface area contributed by atoms with E-state index in [0.29, 0.717) is 12.5 Å². The van der Waals surface area contributed by atoms with Gasteiger partial charge in [0.1, 0.15) is 12.4 Å². The normalized spacial score (nSPS) is 10.8. The molecule has 1 nitrogen and oxygen atoms in total. The highest BCUT2D eigenvalue weighted by molar-refractivity contribution is 5.37. The van der Waals surface area contributed by atoms with Gasteiger partial charge in [-0.15, -0.1) is 0 Å². The van der Waals surface area contributed by atoms with Crippen molar-refractivity contribution >= 4 is 0 Å². The number of hydrogen-bond donors (Lipinski definition) is 0. The van der Waals surface area contributed by atoms with E-state index in [-0.39, 0.29) is 0 Å². The molecule has 0 saturated heterocycles. The fourth-order valence-electron chi connectivity index (χ4n) is 2.25. The van der Waals surface area contributed by atoms with E-state index in [9.17, 15) is 0 Å². The molecule has 0 spiro atoms. The van der Waals surface area contributed by atoms with Gasteiger partial charge in [-0.1, -0.05) is 50.2 Å². The second-order valence-electron chi connectivity index (χ2n) is 5.41. The van der Waals surface area contributed by atoms with Crippen LogP contribution in [0, 0.1) is 13.8 Å². The molecule has 0 saturated carbocycles. The highest BCUT2D eigenvalue weighted by Gasteiger charge is 2.07. The van der Waals surface area contributed by atoms with Gasteiger partial charge in [-0.2, -0.15) is 0 Å². The number of hydrogen-bond acceptors (Lipinski definition) is 1. The first kappa shape index (κ1) is 13.7. The molecule has 19 heavy (non-hydrogen) atoms. The summed E-state index contributed by atoms with van der Waals surface area (Å²) in [5, 5.41) is 0. The van der Waals surface area contributed by atoms with Gasteiger partial charge in [-0.25, -0.2) is 0 Å². The van der Waals surface area contributed by atoms with E-state index in [0.717, 1.165) is 5.75 Å². The minimum absolute atomic E-state index is 0.526. The van der Waals surface area contributed by atoms with Crippen LogP contribution in [0.2, 0.25) is 0 Å². The Kier molecular flexibility index (Phi) is 4.26. The zero-order chi connectivity index (χ0) is 13.8. The Hall–Kier alpha value is -1.76. The van der Waals surface area contributed by atoms with Gasteiger partial charge in [0.15, 0.2) is 0 Å². The standard InChI is InChI=1S/C18H22O/c1-13(2)17-8-6-5-7-16(17)12-19-18-11-14(3)9-10-15(18)4/h5-11,13H,12H2,1-4H3. The van der Waals surface area contributed by atoms with Gasteiger partial charge in [0, 0.05) is 0 Å². The lowest BCUT2D eigenvalue weighted by molar-refractivity contribution is 0.302. The molecule has 0 amide bonds. The monoisotopic (exact) mass is 254 g/mol. The third-order valence-corrected chi connectivity index (χ3v) is 3.40. The Morgan fingerprint density at radius 1 is 1.00 bits per heavy atom. The quantitative estimate of drug-likeness (QED) is 0.745. The van der Waals surface area contributed by atoms with E-state index < -0.39 is 0 Å². The summed E-state index contributed by atoms with van der Waals surface area (Å²) in [4.78, 5) is 0. The minimum Gasteiger partial charge on any atom is -0.489 e. The second kappa shape index (κ2) is 5.92. The van der Waals surface area contributed by atoms with Gasteiger partial charge < -0.3 is 4.74 Å². The van der Waals surface area contributed by atoms with Crippen molar-refractivity contribution in [3.8, 4) is 5.75 Å². The molecule has 0 aromatic heterocycles. The molecule has 0 aliphatic carbocycles. The molecule has 100 valence electrons. The topological polar surface area (TPSA) is 9.23 Å². The van der Waals surface area contributed by atoms with Crippen LogP contribution in [0.3, 0.4) is 0 Å². The summed E-state index contributed by atoms with van der Waals surface area (Å²) >= 11 is 0. The first-order valence-corrected chi connectivity index (χ1v) is 6.86. The van der Waals surface area contributed by atoms with Crippen molar-refractivity contribution in [2.75, 3.05) is 0 Å². The van der Waals surface area contributed by atoms with Crippen molar-refractivity contribution < 1.29 is 4.74 Å². The summed E-state index contributed by atoms with van der Waals surface area (Å²) in [6.07, 6.45) is 0. The molecule has 2 aromatic carbocycles. The van der Waals surface area contributed by atoms with Gasteiger partial charge in [0.05, 0.1) is 0 Å². The number of benzene rings is 2. The molecule has 0 aliphatic rings. The van der Waals surface area contributed by atoms with Crippen LogP contribution in [0.25, 0.3) is 0 Å². The summed E-state index contributed by atoms with van der Waals surface area (Å²) in [5.74, 6) is 1.51. The summed E-state index contributed by atoms with van der Waals surface area (Å²) in [6.45, 7) is 9.25. The highest BCUT2D eigenvalue weighted by Crippen LogP contribution is 2.23. The third-order valence-electron chi connectivity index (χ3n) is 3.40. The molecule has 0 bridgehead atoms. The van der Waals surface area contributed by atoms with Crippen molar-refractivity contribution in [3.63, 3.8) is 0 Å². The summed E-state index contributed by atoms with van der Waals surface area (Å²) in [7, 11) is 0. The van der Waals surface area contributed by atoms with E-state index in [1.807, 2.05) is 0 Å². The molecule has 0 N–H and O–H groups in total. The van der Waals surface area contributed by atoms with Gasteiger partial charge in [-0.3, -0.25) is 0 Å². The molecular weight excluding hydrogens is 232 g/mol. The lowest BCUT2D eigenvalue weighted by Gasteiger charge is -2.15. The van der Waals surface area contributed by atoms with Crippen molar-refractivity contribution in [2.45, 2.75) is 40.2 Å². The second-order valence-corrected chi connectivity index (χ2v) is 5.41. The molecule has 0 heterocycles. The zero-order valence-corrected chi connectivity index (χ0v) is 12.2. The van der Waals surface area contributed by atoms with Gasteiger partial charge in [0.2, 0.25) is 0 Å². The fourth-order valence-corrected chi connectivity index (χ4v) is 2.25. The first-order valence-electron chi connectivity index (χ1n) is 6.86. The van der Waals surface area contributed by atoms with E-state index in [1.165, 1.54) is 22.3 Å². The SMILES string of the molecule is Cc1ccc(C)c(OCc2ccccc2C(C)C)c1. The Labute approximate surface area is 116 Å². The Bertz CT molecular complexity index is 555. The molecule has 2 aromatic rings. The molecule has 0 fully saturated rings. The summed E-state index contributed by atoms with van der Waals surface area (Å²) < 4.78 is 5.99. The molecular formula is C18H22O. The van der Waals surface area contributed by atoms with Crippen molar-refractivity contribution in [1.29, 1.82) is 0 Å². The average molecular weight is 254 g/mol. The Morgan fingerprint density at radius 3 is 2.47 bits per heavy atom. The zero-order valence-electron chi connectivity index (χ0n) is 12.2. The predicted octanol–water partition coefficient (Wildman–Crippen LogP) is 5.01. The van der Waals surface area contributed by atoms with E-state index >= 15 is 0 Å². The maximum Gasteiger partial charge on any atom is 0.122 e. The molecule has 0 unspecified atom stereocenters. The van der Waals surface area contributed by atoms with Gasteiger partial charge in [0.25, 0.3) is 0 Å². The lowest BCUT2D eigenvalue weighted by atomic mass is 9.98. The van der Waals surface area contributed by atoms with Crippen molar-refractivity contribution in [1.82, 2.24) is 0 Å². The molecule has 1 heteroatoms. The molecule has 0 aliphatic heterocycles. The largest absolute Gasteiger partial charge is 0.489 e. The van der Waals surface area contributed by atoms with E-state index in [1.54, 1.807) is 0 Å². The van der Waals surface area contributed by atoms with Gasteiger partial charge in [-0.05, 0) is 48.1 Å². The van der Waals surface area contributed by atoms with Crippen LogP contribution in [0.15, 0.2) is 42.5 Å². The highest BCUT2D eigenvalue weighted by atomic mass is 16.5.